The van der Waals surface area contributed by atoms with Crippen LogP contribution in [0.5, 0.6) is 0 Å². The van der Waals surface area contributed by atoms with Crippen LogP contribution in [0.1, 0.15) is 66.4 Å². The molecular weight excluding hydrogens is 464 g/mol. The van der Waals surface area contributed by atoms with E-state index >= 15 is 0 Å². The molecule has 1 aromatic carbocycles. The Morgan fingerprint density at radius 1 is 1.00 bits per heavy atom. The molecule has 3 amide bonds. The minimum absolute atomic E-state index is 0.132. The molecule has 3 N–H and O–H groups in total. The van der Waals surface area contributed by atoms with E-state index in [1.807, 2.05) is 0 Å². The van der Waals surface area contributed by atoms with Crippen molar-refractivity contribution >= 4 is 29.4 Å². The Labute approximate surface area is 212 Å². The van der Waals surface area contributed by atoms with Crippen LogP contribution in [0.15, 0.2) is 29.4 Å². The van der Waals surface area contributed by atoms with Gasteiger partial charge in [0.05, 0.1) is 5.41 Å². The number of amides is 3. The molecule has 0 aliphatic carbocycles. The van der Waals surface area contributed by atoms with Crippen LogP contribution in [0.4, 0.5) is 5.69 Å². The van der Waals surface area contributed by atoms with E-state index in [1.165, 1.54) is 0 Å². The first-order valence-corrected chi connectivity index (χ1v) is 12.0. The maximum atomic E-state index is 12.7. The Bertz CT molecular complexity index is 949. The summed E-state index contributed by atoms with van der Waals surface area (Å²) in [6.45, 7) is 11.0. The van der Waals surface area contributed by atoms with Crippen LogP contribution in [-0.2, 0) is 30.5 Å². The maximum Gasteiger partial charge on any atom is 0.311 e. The summed E-state index contributed by atoms with van der Waals surface area (Å²) in [6, 6.07) is 5.22. The number of esters is 1. The molecule has 0 heterocycles. The molecule has 1 aromatic rings. The molecule has 0 radical (unpaired) electrons. The number of nitrogens with zero attached hydrogens (tertiary/aromatic N) is 3. The van der Waals surface area contributed by atoms with Crippen molar-refractivity contribution in [2.24, 2.45) is 16.4 Å². The van der Waals surface area contributed by atoms with Crippen molar-refractivity contribution in [1.29, 1.82) is 0 Å². The highest BCUT2D eigenvalue weighted by molar-refractivity contribution is 5.98. The first-order chi connectivity index (χ1) is 16.8. The number of ether oxygens (including phenoxy) is 1. The van der Waals surface area contributed by atoms with Gasteiger partial charge in [-0.1, -0.05) is 31.1 Å². The Kier molecular flexibility index (Phi) is 12.5. The van der Waals surface area contributed by atoms with Crippen LogP contribution in [0.3, 0.4) is 0 Å². The number of rotatable bonds is 13. The third-order valence-corrected chi connectivity index (χ3v) is 5.20. The number of carbonyl (C=O) groups excluding carboxylic acids is 4. The number of azide groups is 1. The minimum Gasteiger partial charge on any atom is -0.460 e. The normalized spacial score (nSPS) is 12.6. The van der Waals surface area contributed by atoms with Gasteiger partial charge in [0.25, 0.3) is 0 Å². The average molecular weight is 503 g/mol. The Hall–Kier alpha value is -3.59. The first-order valence-electron chi connectivity index (χ1n) is 12.0. The molecule has 0 spiro atoms. The summed E-state index contributed by atoms with van der Waals surface area (Å²) < 4.78 is 5.28. The molecule has 36 heavy (non-hydrogen) atoms. The van der Waals surface area contributed by atoms with Crippen LogP contribution < -0.4 is 16.0 Å². The quantitative estimate of drug-likeness (QED) is 0.122. The predicted octanol–water partition coefficient (Wildman–Crippen LogP) is 3.84. The van der Waals surface area contributed by atoms with Gasteiger partial charge in [0.1, 0.15) is 18.7 Å². The minimum atomic E-state index is -0.841. The monoisotopic (exact) mass is 502 g/mol. The van der Waals surface area contributed by atoms with Crippen LogP contribution >= 0.6 is 0 Å². The topological polar surface area (TPSA) is 162 Å². The summed E-state index contributed by atoms with van der Waals surface area (Å²) in [7, 11) is 0. The SMILES string of the molecule is CC(C)[C@H](NC(=O)CCCCN=[N+]=[N-])C(=O)N[C@@H](C)C(=O)Nc1ccc(COC(=O)C(C)(C)C)cc1. The van der Waals surface area contributed by atoms with Crippen molar-refractivity contribution in [2.75, 3.05) is 11.9 Å². The van der Waals surface area contributed by atoms with E-state index in [9.17, 15) is 19.2 Å². The van der Waals surface area contributed by atoms with Crippen LogP contribution in [0, 0.1) is 11.3 Å². The molecular formula is C25H38N6O5. The summed E-state index contributed by atoms with van der Waals surface area (Å²) in [5.74, 6) is -1.64. The number of carbonyl (C=O) groups is 4. The van der Waals surface area contributed by atoms with Gasteiger partial charge in [-0.3, -0.25) is 19.2 Å². The number of hydrogen-bond acceptors (Lipinski definition) is 6. The highest BCUT2D eigenvalue weighted by Gasteiger charge is 2.27. The van der Waals surface area contributed by atoms with E-state index in [-0.39, 0.29) is 30.8 Å². The van der Waals surface area contributed by atoms with E-state index in [1.54, 1.807) is 65.8 Å². The highest BCUT2D eigenvalue weighted by Crippen LogP contribution is 2.17. The van der Waals surface area contributed by atoms with Gasteiger partial charge in [0.15, 0.2) is 0 Å². The fraction of sp³-hybridized carbons (Fsp3) is 0.600. The van der Waals surface area contributed by atoms with E-state index in [0.29, 0.717) is 25.1 Å². The van der Waals surface area contributed by atoms with Crippen LogP contribution in [0.25, 0.3) is 10.4 Å². The van der Waals surface area contributed by atoms with E-state index < -0.39 is 29.3 Å². The number of hydrogen-bond donors (Lipinski definition) is 3. The summed E-state index contributed by atoms with van der Waals surface area (Å²) in [5, 5.41) is 11.5. The summed E-state index contributed by atoms with van der Waals surface area (Å²) >= 11 is 0. The number of nitrogens with one attached hydrogen (secondary N) is 3. The predicted molar refractivity (Wildman–Crippen MR) is 137 cm³/mol. The van der Waals surface area contributed by atoms with Crippen molar-refractivity contribution in [3.05, 3.63) is 40.3 Å². The summed E-state index contributed by atoms with van der Waals surface area (Å²) in [5.41, 5.74) is 8.99. The van der Waals surface area contributed by atoms with Gasteiger partial charge < -0.3 is 20.7 Å². The Morgan fingerprint density at radius 3 is 2.19 bits per heavy atom. The molecule has 0 saturated carbocycles. The largest absolute Gasteiger partial charge is 0.460 e. The van der Waals surface area contributed by atoms with Crippen molar-refractivity contribution in [3.63, 3.8) is 0 Å². The molecule has 0 aliphatic rings. The lowest BCUT2D eigenvalue weighted by atomic mass is 9.97. The highest BCUT2D eigenvalue weighted by atomic mass is 16.5. The van der Waals surface area contributed by atoms with Crippen molar-refractivity contribution < 1.29 is 23.9 Å². The molecule has 0 aromatic heterocycles. The summed E-state index contributed by atoms with van der Waals surface area (Å²) in [6.07, 6.45) is 1.32. The lowest BCUT2D eigenvalue weighted by molar-refractivity contribution is -0.154. The zero-order valence-electron chi connectivity index (χ0n) is 22.0. The fourth-order valence-corrected chi connectivity index (χ4v) is 2.96. The molecule has 0 fully saturated rings. The van der Waals surface area contributed by atoms with Gasteiger partial charge in [-0.25, -0.2) is 0 Å². The molecule has 0 unspecified atom stereocenters. The third-order valence-electron chi connectivity index (χ3n) is 5.20. The molecule has 1 rings (SSSR count). The number of anilines is 1. The fourth-order valence-electron chi connectivity index (χ4n) is 2.96. The zero-order valence-corrected chi connectivity index (χ0v) is 22.0. The van der Waals surface area contributed by atoms with Crippen molar-refractivity contribution in [2.45, 2.75) is 79.5 Å². The molecule has 198 valence electrons. The second-order valence-electron chi connectivity index (χ2n) is 9.94. The molecule has 0 aliphatic heterocycles. The molecule has 2 atom stereocenters. The molecule has 0 bridgehead atoms. The van der Waals surface area contributed by atoms with E-state index in [2.05, 4.69) is 26.0 Å². The third kappa shape index (κ3) is 11.2. The average Bonchev–Trinajstić information content (AvgIpc) is 2.80. The standard InChI is InChI=1S/C25H38N6O5/c1-16(2)21(30-20(32)9-7-8-14-27-31-26)23(34)28-17(3)22(33)29-19-12-10-18(11-13-19)15-36-24(35)25(4,5)6/h10-13,16-17,21H,7-9,14-15H2,1-6H3,(H,28,34)(H,29,33)(H,30,32)/t17-,21-/m0/s1. The van der Waals surface area contributed by atoms with E-state index in [0.717, 1.165) is 5.56 Å². The zero-order chi connectivity index (χ0) is 27.3. The van der Waals surface area contributed by atoms with E-state index in [4.69, 9.17) is 10.3 Å². The van der Waals surface area contributed by atoms with Crippen LogP contribution in [-0.4, -0.2) is 42.3 Å². The molecule has 11 nitrogen and oxygen atoms in total. The van der Waals surface area contributed by atoms with Gasteiger partial charge in [-0.2, -0.15) is 0 Å². The Balaban J connectivity index is 2.58. The maximum absolute atomic E-state index is 12.7. The van der Waals surface area contributed by atoms with Crippen molar-refractivity contribution in [1.82, 2.24) is 10.6 Å². The molecule has 0 saturated heterocycles. The number of benzene rings is 1. The Morgan fingerprint density at radius 2 is 1.64 bits per heavy atom. The second kappa shape index (κ2) is 14.7. The number of unbranched alkanes of at least 4 members (excludes halogenated alkanes) is 1. The lowest BCUT2D eigenvalue weighted by Gasteiger charge is -2.24. The summed E-state index contributed by atoms with van der Waals surface area (Å²) in [4.78, 5) is 52.1. The second-order valence-corrected chi connectivity index (χ2v) is 9.94. The smallest absolute Gasteiger partial charge is 0.311 e. The van der Waals surface area contributed by atoms with Gasteiger partial charge in [0.2, 0.25) is 17.7 Å². The molecule has 11 heteroatoms. The van der Waals surface area contributed by atoms with Gasteiger partial charge >= 0.3 is 5.97 Å². The van der Waals surface area contributed by atoms with Gasteiger partial charge in [-0.05, 0) is 69.7 Å². The van der Waals surface area contributed by atoms with Crippen molar-refractivity contribution in [3.8, 4) is 0 Å². The lowest BCUT2D eigenvalue weighted by Crippen LogP contribution is -2.53. The first kappa shape index (κ1) is 30.4. The van der Waals surface area contributed by atoms with Gasteiger partial charge in [-0.15, -0.1) is 0 Å². The van der Waals surface area contributed by atoms with Crippen LogP contribution in [0.2, 0.25) is 0 Å². The van der Waals surface area contributed by atoms with Gasteiger partial charge in [0, 0.05) is 23.6 Å².